The van der Waals surface area contributed by atoms with Gasteiger partial charge in [0.25, 0.3) is 0 Å². The number of aromatic hydroxyl groups is 1. The average Bonchev–Trinajstić information content (AvgIpc) is 2.06. The molecular weight excluding hydrogens is 215 g/mol. The first kappa shape index (κ1) is 11.2. The predicted octanol–water partition coefficient (Wildman–Crippen LogP) is 2.24. The molecule has 14 heavy (non-hydrogen) atoms. The Morgan fingerprint density at radius 3 is 2.43 bits per heavy atom. The van der Waals surface area contributed by atoms with Crippen LogP contribution >= 0.6 is 12.6 Å². The highest BCUT2D eigenvalue weighted by molar-refractivity contribution is 7.80. The summed E-state index contributed by atoms with van der Waals surface area (Å²) >= 11 is 3.86. The highest BCUT2D eigenvalue weighted by Gasteiger charge is 2.39. The Balaban J connectivity index is 3.12. The Kier molecular flexibility index (Phi) is 2.96. The number of halogens is 3. The van der Waals surface area contributed by atoms with Gasteiger partial charge in [0.05, 0.1) is 0 Å². The van der Waals surface area contributed by atoms with Gasteiger partial charge in [-0.25, -0.2) is 0 Å². The molecule has 0 amide bonds. The van der Waals surface area contributed by atoms with Crippen LogP contribution in [0.4, 0.5) is 13.2 Å². The van der Waals surface area contributed by atoms with E-state index < -0.39 is 18.0 Å². The molecule has 1 atom stereocenters. The topological polar surface area (TPSA) is 46.2 Å². The zero-order valence-electron chi connectivity index (χ0n) is 6.92. The molecule has 1 aromatic carbocycles. The van der Waals surface area contributed by atoms with Crippen LogP contribution in [0.15, 0.2) is 23.1 Å². The third kappa shape index (κ3) is 2.33. The van der Waals surface area contributed by atoms with Crippen molar-refractivity contribution in [2.45, 2.75) is 17.1 Å². The fourth-order valence-corrected chi connectivity index (χ4v) is 1.18. The van der Waals surface area contributed by atoms with Crippen molar-refractivity contribution in [2.75, 3.05) is 0 Å². The highest BCUT2D eigenvalue weighted by Crippen LogP contribution is 2.35. The van der Waals surface area contributed by atoms with Crippen molar-refractivity contribution < 1.29 is 18.3 Å². The quantitative estimate of drug-likeness (QED) is 0.639. The molecule has 0 saturated carbocycles. The molecule has 1 unspecified atom stereocenters. The summed E-state index contributed by atoms with van der Waals surface area (Å²) in [5, 5.41) is 9.15. The molecule has 0 fully saturated rings. The fraction of sp³-hybridized carbons (Fsp3) is 0.250. The van der Waals surface area contributed by atoms with Crippen LogP contribution in [-0.2, 0) is 0 Å². The third-order valence-corrected chi connectivity index (χ3v) is 1.98. The predicted molar refractivity (Wildman–Crippen MR) is 48.3 cm³/mol. The molecule has 0 bridgehead atoms. The van der Waals surface area contributed by atoms with Crippen molar-refractivity contribution in [3.8, 4) is 5.75 Å². The van der Waals surface area contributed by atoms with E-state index in [1.54, 1.807) is 0 Å². The van der Waals surface area contributed by atoms with Crippen LogP contribution in [0, 0.1) is 0 Å². The maximum Gasteiger partial charge on any atom is 0.407 e. The van der Waals surface area contributed by atoms with Gasteiger partial charge < -0.3 is 10.8 Å². The molecule has 0 aliphatic heterocycles. The maximum absolute atomic E-state index is 12.2. The van der Waals surface area contributed by atoms with Gasteiger partial charge in [-0.2, -0.15) is 13.2 Å². The normalized spacial score (nSPS) is 14.1. The van der Waals surface area contributed by atoms with Gasteiger partial charge in [-0.15, -0.1) is 12.6 Å². The van der Waals surface area contributed by atoms with Crippen LogP contribution < -0.4 is 5.73 Å². The highest BCUT2D eigenvalue weighted by atomic mass is 32.1. The lowest BCUT2D eigenvalue weighted by atomic mass is 10.1. The molecule has 0 saturated heterocycles. The average molecular weight is 223 g/mol. The van der Waals surface area contributed by atoms with Crippen molar-refractivity contribution in [3.05, 3.63) is 23.8 Å². The summed E-state index contributed by atoms with van der Waals surface area (Å²) < 4.78 is 36.6. The Bertz CT molecular complexity index is 340. The molecule has 1 aromatic rings. The summed E-state index contributed by atoms with van der Waals surface area (Å²) in [6.07, 6.45) is -4.57. The van der Waals surface area contributed by atoms with Gasteiger partial charge in [0.1, 0.15) is 11.8 Å². The lowest BCUT2D eigenvalue weighted by Crippen LogP contribution is -2.28. The van der Waals surface area contributed by atoms with Gasteiger partial charge in [0, 0.05) is 10.5 Å². The second kappa shape index (κ2) is 3.70. The minimum atomic E-state index is -4.57. The van der Waals surface area contributed by atoms with Crippen molar-refractivity contribution in [1.29, 1.82) is 0 Å². The minimum Gasteiger partial charge on any atom is -0.508 e. The first-order valence-corrected chi connectivity index (χ1v) is 4.11. The van der Waals surface area contributed by atoms with Crippen LogP contribution in [-0.4, -0.2) is 11.3 Å². The van der Waals surface area contributed by atoms with Crippen LogP contribution in [0.25, 0.3) is 0 Å². The number of rotatable bonds is 1. The van der Waals surface area contributed by atoms with Crippen LogP contribution in [0.2, 0.25) is 0 Å². The maximum atomic E-state index is 12.2. The standard InChI is InChI=1S/C8H8F3NOS/c9-8(10,11)7(12)5-3-4(14)1-2-6(5)13/h1-3,7,13-14H,12H2. The van der Waals surface area contributed by atoms with Crippen molar-refractivity contribution in [1.82, 2.24) is 0 Å². The number of benzene rings is 1. The molecule has 2 nitrogen and oxygen atoms in total. The number of thiol groups is 1. The first-order chi connectivity index (χ1) is 6.32. The molecule has 1 rings (SSSR count). The molecule has 3 N–H and O–H groups in total. The number of alkyl halides is 3. The Hall–Kier alpha value is -0.880. The largest absolute Gasteiger partial charge is 0.508 e. The molecule has 0 aliphatic carbocycles. The number of phenols is 1. The second-order valence-corrected chi connectivity index (χ2v) is 3.28. The Labute approximate surface area is 83.9 Å². The first-order valence-electron chi connectivity index (χ1n) is 3.66. The van der Waals surface area contributed by atoms with E-state index in [0.29, 0.717) is 4.90 Å². The lowest BCUT2D eigenvalue weighted by molar-refractivity contribution is -0.149. The van der Waals surface area contributed by atoms with Gasteiger partial charge in [0.15, 0.2) is 0 Å². The molecule has 0 spiro atoms. The van der Waals surface area contributed by atoms with Crippen molar-refractivity contribution in [3.63, 3.8) is 0 Å². The van der Waals surface area contributed by atoms with Gasteiger partial charge in [-0.05, 0) is 18.2 Å². The van der Waals surface area contributed by atoms with E-state index in [9.17, 15) is 13.2 Å². The van der Waals surface area contributed by atoms with E-state index in [1.807, 2.05) is 0 Å². The Morgan fingerprint density at radius 2 is 1.93 bits per heavy atom. The number of phenolic OH excluding ortho intramolecular Hbond substituents is 1. The van der Waals surface area contributed by atoms with E-state index in [2.05, 4.69) is 12.6 Å². The number of hydrogen-bond acceptors (Lipinski definition) is 3. The van der Waals surface area contributed by atoms with E-state index in [1.165, 1.54) is 6.07 Å². The fourth-order valence-electron chi connectivity index (χ4n) is 0.967. The van der Waals surface area contributed by atoms with E-state index in [0.717, 1.165) is 12.1 Å². The van der Waals surface area contributed by atoms with Crippen molar-refractivity contribution in [2.24, 2.45) is 5.73 Å². The van der Waals surface area contributed by atoms with Gasteiger partial charge in [-0.3, -0.25) is 0 Å². The van der Waals surface area contributed by atoms with Gasteiger partial charge in [-0.1, -0.05) is 0 Å². The summed E-state index contributed by atoms with van der Waals surface area (Å²) in [7, 11) is 0. The molecule has 0 aromatic heterocycles. The summed E-state index contributed by atoms with van der Waals surface area (Å²) in [5.41, 5.74) is 4.55. The van der Waals surface area contributed by atoms with Crippen LogP contribution in [0.1, 0.15) is 11.6 Å². The summed E-state index contributed by atoms with van der Waals surface area (Å²) in [4.78, 5) is 0.317. The summed E-state index contributed by atoms with van der Waals surface area (Å²) in [6.45, 7) is 0. The number of nitrogens with two attached hydrogens (primary N) is 1. The van der Waals surface area contributed by atoms with Gasteiger partial charge in [0.2, 0.25) is 0 Å². The Morgan fingerprint density at radius 1 is 1.36 bits per heavy atom. The minimum absolute atomic E-state index is 0.317. The number of hydrogen-bond donors (Lipinski definition) is 3. The molecule has 0 aliphatic rings. The zero-order chi connectivity index (χ0) is 10.9. The summed E-state index contributed by atoms with van der Waals surface area (Å²) in [5.74, 6) is -0.479. The van der Waals surface area contributed by atoms with E-state index >= 15 is 0 Å². The molecule has 0 radical (unpaired) electrons. The van der Waals surface area contributed by atoms with Crippen LogP contribution in [0.3, 0.4) is 0 Å². The summed E-state index contributed by atoms with van der Waals surface area (Å²) in [6, 6.07) is 1.42. The van der Waals surface area contributed by atoms with Gasteiger partial charge >= 0.3 is 6.18 Å². The third-order valence-electron chi connectivity index (χ3n) is 1.70. The SMILES string of the molecule is NC(c1cc(S)ccc1O)C(F)(F)F. The van der Waals surface area contributed by atoms with E-state index in [4.69, 9.17) is 10.8 Å². The van der Waals surface area contributed by atoms with Crippen molar-refractivity contribution >= 4 is 12.6 Å². The molecule has 6 heteroatoms. The molecule has 0 heterocycles. The lowest BCUT2D eigenvalue weighted by Gasteiger charge is -2.17. The molecular formula is C8H8F3NOS. The molecule has 78 valence electrons. The smallest absolute Gasteiger partial charge is 0.407 e. The zero-order valence-corrected chi connectivity index (χ0v) is 7.81. The second-order valence-electron chi connectivity index (χ2n) is 2.76. The monoisotopic (exact) mass is 223 g/mol. The van der Waals surface area contributed by atoms with Crippen LogP contribution in [0.5, 0.6) is 5.75 Å². The van der Waals surface area contributed by atoms with E-state index in [-0.39, 0.29) is 5.56 Å².